The van der Waals surface area contributed by atoms with Crippen molar-refractivity contribution >= 4 is 34.0 Å². The first-order valence-electron chi connectivity index (χ1n) is 7.84. The van der Waals surface area contributed by atoms with Crippen LogP contribution in [0, 0.1) is 0 Å². The van der Waals surface area contributed by atoms with Crippen LogP contribution in [0.3, 0.4) is 0 Å². The summed E-state index contributed by atoms with van der Waals surface area (Å²) in [6.45, 7) is 2.72. The lowest BCUT2D eigenvalue weighted by Crippen LogP contribution is -2.37. The average molecular weight is 341 g/mol. The molecule has 0 bridgehead atoms. The number of hydrogen-bond acceptors (Lipinski definition) is 5. The van der Waals surface area contributed by atoms with Crippen LogP contribution in [0.2, 0.25) is 5.02 Å². The molecule has 1 aliphatic heterocycles. The van der Waals surface area contributed by atoms with Crippen LogP contribution in [0.25, 0.3) is 22.2 Å². The highest BCUT2D eigenvalue weighted by Crippen LogP contribution is 2.45. The van der Waals surface area contributed by atoms with Gasteiger partial charge in [-0.3, -0.25) is 4.79 Å². The molecule has 0 saturated carbocycles. The van der Waals surface area contributed by atoms with Crippen molar-refractivity contribution in [1.29, 1.82) is 0 Å². The first kappa shape index (κ1) is 14.0. The van der Waals surface area contributed by atoms with Gasteiger partial charge in [0.25, 0.3) is 0 Å². The monoisotopic (exact) mass is 340 g/mol. The topological polar surface area (TPSA) is 55.6 Å². The third-order valence-corrected chi connectivity index (χ3v) is 4.97. The molecule has 1 aromatic heterocycles. The van der Waals surface area contributed by atoms with E-state index in [2.05, 4.69) is 10.1 Å². The van der Waals surface area contributed by atoms with Crippen molar-refractivity contribution in [2.24, 2.45) is 0 Å². The summed E-state index contributed by atoms with van der Waals surface area (Å²) in [6.07, 6.45) is 0. The van der Waals surface area contributed by atoms with E-state index < -0.39 is 0 Å². The molecular weight excluding hydrogens is 328 g/mol. The molecule has 1 fully saturated rings. The quantitative estimate of drug-likeness (QED) is 0.530. The number of nitrogens with zero attached hydrogens (tertiary/aromatic N) is 2. The van der Waals surface area contributed by atoms with Gasteiger partial charge in [-0.1, -0.05) is 41.0 Å². The van der Waals surface area contributed by atoms with E-state index >= 15 is 0 Å². The zero-order valence-corrected chi connectivity index (χ0v) is 13.5. The Hall–Kier alpha value is -2.37. The molecule has 2 aliphatic rings. The molecule has 2 aromatic carbocycles. The molecule has 24 heavy (non-hydrogen) atoms. The molecule has 0 amide bonds. The highest BCUT2D eigenvalue weighted by Gasteiger charge is 2.33. The number of anilines is 1. The molecule has 5 nitrogen and oxygen atoms in total. The maximum absolute atomic E-state index is 13.2. The first-order chi connectivity index (χ1) is 11.8. The van der Waals surface area contributed by atoms with Crippen LogP contribution in [0.5, 0.6) is 0 Å². The molecule has 2 heterocycles. The lowest BCUT2D eigenvalue weighted by molar-refractivity contribution is 0.103. The Morgan fingerprint density at radius 3 is 2.67 bits per heavy atom. The lowest BCUT2D eigenvalue weighted by Gasteiger charge is -2.31. The van der Waals surface area contributed by atoms with E-state index in [0.717, 1.165) is 24.3 Å². The predicted octanol–water partition coefficient (Wildman–Crippen LogP) is 3.53. The van der Waals surface area contributed by atoms with Gasteiger partial charge in [-0.25, -0.2) is 0 Å². The van der Waals surface area contributed by atoms with E-state index in [9.17, 15) is 4.79 Å². The Kier molecular flexibility index (Phi) is 2.96. The van der Waals surface area contributed by atoms with Gasteiger partial charge >= 0.3 is 0 Å². The Morgan fingerprint density at radius 2 is 1.88 bits per heavy atom. The van der Waals surface area contributed by atoms with E-state index in [0.29, 0.717) is 46.0 Å². The van der Waals surface area contributed by atoms with Crippen LogP contribution in [0.1, 0.15) is 15.9 Å². The highest BCUT2D eigenvalue weighted by atomic mass is 35.5. The third-order valence-electron chi connectivity index (χ3n) is 4.68. The summed E-state index contributed by atoms with van der Waals surface area (Å²) in [7, 11) is 0. The van der Waals surface area contributed by atoms with Gasteiger partial charge in [-0.2, -0.15) is 0 Å². The number of halogens is 1. The fourth-order valence-electron chi connectivity index (χ4n) is 3.55. The number of benzene rings is 2. The number of carbonyl (C=O) groups is 1. The summed E-state index contributed by atoms with van der Waals surface area (Å²) >= 11 is 6.43. The molecular formula is C18H13ClN2O3. The van der Waals surface area contributed by atoms with Gasteiger partial charge in [0, 0.05) is 24.2 Å². The molecule has 0 spiro atoms. The normalized spacial score (nSPS) is 16.5. The second-order valence-electron chi connectivity index (χ2n) is 5.96. The molecule has 5 rings (SSSR count). The fraction of sp³-hybridized carbons (Fsp3) is 0.222. The number of morpholine rings is 1. The largest absolute Gasteiger partial charge is 0.378 e. The number of aromatic nitrogens is 1. The number of fused-ring (bicyclic) bond motifs is 2. The van der Waals surface area contributed by atoms with Crippen LogP contribution in [-0.2, 0) is 4.74 Å². The average Bonchev–Trinajstić information content (AvgIpc) is 3.07. The van der Waals surface area contributed by atoms with Crippen molar-refractivity contribution in [2.75, 3.05) is 31.2 Å². The third kappa shape index (κ3) is 1.79. The zero-order chi connectivity index (χ0) is 16.3. The van der Waals surface area contributed by atoms with Gasteiger partial charge in [0.2, 0.25) is 0 Å². The highest BCUT2D eigenvalue weighted by molar-refractivity contribution is 6.38. The zero-order valence-electron chi connectivity index (χ0n) is 12.7. The molecule has 1 aliphatic carbocycles. The standard InChI is InChI=1S/C18H13ClN2O3/c19-12-9-13(21-5-7-23-8-6-21)14-15-16(12)20-24-18(15)11-4-2-1-3-10(11)17(14)22/h1-4,9H,5-8H2. The van der Waals surface area contributed by atoms with Crippen LogP contribution in [0.15, 0.2) is 34.9 Å². The molecule has 3 aromatic rings. The molecule has 120 valence electrons. The van der Waals surface area contributed by atoms with Gasteiger partial charge in [0.15, 0.2) is 11.5 Å². The molecule has 0 atom stereocenters. The Morgan fingerprint density at radius 1 is 1.12 bits per heavy atom. The number of rotatable bonds is 1. The van der Waals surface area contributed by atoms with Gasteiger partial charge < -0.3 is 14.2 Å². The Balaban J connectivity index is 1.86. The van der Waals surface area contributed by atoms with Gasteiger partial charge in [-0.15, -0.1) is 0 Å². The smallest absolute Gasteiger partial charge is 0.196 e. The van der Waals surface area contributed by atoms with Crippen LogP contribution >= 0.6 is 11.6 Å². The van der Waals surface area contributed by atoms with E-state index in [4.69, 9.17) is 20.9 Å². The summed E-state index contributed by atoms with van der Waals surface area (Å²) in [6, 6.07) is 9.28. The predicted molar refractivity (Wildman–Crippen MR) is 90.9 cm³/mol. The summed E-state index contributed by atoms with van der Waals surface area (Å²) in [5, 5.41) is 5.32. The molecule has 1 saturated heterocycles. The summed E-state index contributed by atoms with van der Waals surface area (Å²) in [4.78, 5) is 15.3. The maximum Gasteiger partial charge on any atom is 0.196 e. The molecule has 0 unspecified atom stereocenters. The molecule has 0 N–H and O–H groups in total. The first-order valence-corrected chi connectivity index (χ1v) is 8.22. The van der Waals surface area contributed by atoms with E-state index in [1.807, 2.05) is 30.3 Å². The second kappa shape index (κ2) is 5.06. The Bertz CT molecular complexity index is 989. The molecule has 6 heteroatoms. The van der Waals surface area contributed by atoms with E-state index in [1.54, 1.807) is 0 Å². The minimum atomic E-state index is -0.00976. The Labute approximate surface area is 142 Å². The van der Waals surface area contributed by atoms with Crippen molar-refractivity contribution in [1.82, 2.24) is 5.16 Å². The second-order valence-corrected chi connectivity index (χ2v) is 6.37. The number of ether oxygens (including phenoxy) is 1. The SMILES string of the molecule is O=C1c2ccccc2-c2onc3c(Cl)cc(N4CCOCC4)c1c23. The van der Waals surface area contributed by atoms with Crippen molar-refractivity contribution in [2.45, 2.75) is 0 Å². The maximum atomic E-state index is 13.2. The van der Waals surface area contributed by atoms with Crippen molar-refractivity contribution in [3.8, 4) is 11.3 Å². The van der Waals surface area contributed by atoms with Gasteiger partial charge in [0.1, 0.15) is 5.52 Å². The van der Waals surface area contributed by atoms with Gasteiger partial charge in [-0.05, 0) is 6.07 Å². The summed E-state index contributed by atoms with van der Waals surface area (Å²) < 4.78 is 11.0. The van der Waals surface area contributed by atoms with Crippen molar-refractivity contribution in [3.63, 3.8) is 0 Å². The minimum Gasteiger partial charge on any atom is -0.378 e. The number of hydrogen-bond donors (Lipinski definition) is 0. The van der Waals surface area contributed by atoms with Crippen LogP contribution < -0.4 is 4.90 Å². The fourth-order valence-corrected chi connectivity index (χ4v) is 3.79. The number of ketones is 1. The van der Waals surface area contributed by atoms with E-state index in [1.165, 1.54) is 0 Å². The summed E-state index contributed by atoms with van der Waals surface area (Å²) in [5.41, 5.74) is 3.42. The lowest BCUT2D eigenvalue weighted by atomic mass is 9.86. The van der Waals surface area contributed by atoms with Crippen LogP contribution in [0.4, 0.5) is 5.69 Å². The van der Waals surface area contributed by atoms with E-state index in [-0.39, 0.29) is 5.78 Å². The van der Waals surface area contributed by atoms with Crippen molar-refractivity contribution in [3.05, 3.63) is 46.5 Å². The van der Waals surface area contributed by atoms with Gasteiger partial charge in [0.05, 0.1) is 34.9 Å². The molecule has 0 radical (unpaired) electrons. The summed E-state index contributed by atoms with van der Waals surface area (Å²) in [5.74, 6) is 0.608. The number of carbonyl (C=O) groups excluding carboxylic acids is 1. The van der Waals surface area contributed by atoms with Crippen molar-refractivity contribution < 1.29 is 14.1 Å². The van der Waals surface area contributed by atoms with Crippen LogP contribution in [-0.4, -0.2) is 37.2 Å². The minimum absolute atomic E-state index is 0.00976.